The number of halogens is 3. The van der Waals surface area contributed by atoms with Crippen molar-refractivity contribution in [3.63, 3.8) is 0 Å². The number of aliphatic imine (C=N–C) groups is 1. The maximum atomic E-state index is 12.1. The Morgan fingerprint density at radius 2 is 2.11 bits per heavy atom. The average Bonchev–Trinajstić information content (AvgIpc) is 2.69. The fourth-order valence-corrected chi connectivity index (χ4v) is 1.67. The Bertz CT molecular complexity index is 528. The van der Waals surface area contributed by atoms with Gasteiger partial charge in [-0.1, -0.05) is 12.1 Å². The monoisotopic (exact) mass is 273 g/mol. The maximum Gasteiger partial charge on any atom is 0.573 e. The fourth-order valence-electron chi connectivity index (χ4n) is 1.67. The van der Waals surface area contributed by atoms with Gasteiger partial charge in [-0.3, -0.25) is 15.1 Å². The zero-order valence-electron chi connectivity index (χ0n) is 9.78. The Labute approximate surface area is 106 Å². The second-order valence-electron chi connectivity index (χ2n) is 3.76. The summed E-state index contributed by atoms with van der Waals surface area (Å²) < 4.78 is 40.1. The van der Waals surface area contributed by atoms with E-state index in [0.29, 0.717) is 5.56 Å². The highest BCUT2D eigenvalue weighted by molar-refractivity contribution is 6.06. The summed E-state index contributed by atoms with van der Waals surface area (Å²) in [5.41, 5.74) is 0.359. The standard InChI is InChI=1S/C11H10F3N3O2/c1-15-10-16-8(9(18)17-10)6-3-2-4-7(5-6)19-11(12,13)14/h2-5,8H,1H3,(H2,15,16,17,18). The summed E-state index contributed by atoms with van der Waals surface area (Å²) in [5, 5.41) is 5.21. The molecular weight excluding hydrogens is 263 g/mol. The minimum atomic E-state index is -4.76. The molecule has 1 aliphatic heterocycles. The molecule has 1 aromatic carbocycles. The lowest BCUT2D eigenvalue weighted by Gasteiger charge is -2.12. The van der Waals surface area contributed by atoms with Crippen LogP contribution in [0.4, 0.5) is 13.2 Å². The third kappa shape index (κ3) is 3.15. The lowest BCUT2D eigenvalue weighted by atomic mass is 10.1. The van der Waals surface area contributed by atoms with Crippen LogP contribution in [-0.2, 0) is 4.79 Å². The molecule has 2 rings (SSSR count). The summed E-state index contributed by atoms with van der Waals surface area (Å²) in [6, 6.07) is 4.45. The van der Waals surface area contributed by atoms with Gasteiger partial charge >= 0.3 is 6.36 Å². The number of carbonyl (C=O) groups is 1. The highest BCUT2D eigenvalue weighted by Crippen LogP contribution is 2.26. The molecule has 1 unspecified atom stereocenters. The van der Waals surface area contributed by atoms with E-state index < -0.39 is 12.4 Å². The van der Waals surface area contributed by atoms with E-state index in [-0.39, 0.29) is 17.6 Å². The van der Waals surface area contributed by atoms with Crippen LogP contribution in [0.25, 0.3) is 0 Å². The first-order chi connectivity index (χ1) is 8.89. The number of ether oxygens (including phenoxy) is 1. The van der Waals surface area contributed by atoms with Crippen LogP contribution >= 0.6 is 0 Å². The van der Waals surface area contributed by atoms with E-state index in [2.05, 4.69) is 20.4 Å². The normalized spacial score (nSPS) is 21.2. The van der Waals surface area contributed by atoms with Crippen LogP contribution in [0.5, 0.6) is 5.75 Å². The molecule has 8 heteroatoms. The number of nitrogens with one attached hydrogen (secondary N) is 2. The number of rotatable bonds is 2. The van der Waals surface area contributed by atoms with Crippen molar-refractivity contribution in [2.24, 2.45) is 4.99 Å². The summed E-state index contributed by atoms with van der Waals surface area (Å²) in [6.45, 7) is 0. The van der Waals surface area contributed by atoms with Crippen LogP contribution in [-0.4, -0.2) is 25.3 Å². The van der Waals surface area contributed by atoms with E-state index in [0.717, 1.165) is 6.07 Å². The first-order valence-corrected chi connectivity index (χ1v) is 5.29. The number of nitrogens with zero attached hydrogens (tertiary/aromatic N) is 1. The van der Waals surface area contributed by atoms with Crippen LogP contribution in [0.15, 0.2) is 29.3 Å². The minimum absolute atomic E-state index is 0.275. The van der Waals surface area contributed by atoms with Crippen molar-refractivity contribution < 1.29 is 22.7 Å². The largest absolute Gasteiger partial charge is 0.573 e. The van der Waals surface area contributed by atoms with E-state index in [4.69, 9.17) is 0 Å². The van der Waals surface area contributed by atoms with Crippen LogP contribution < -0.4 is 15.4 Å². The molecule has 1 aliphatic rings. The number of hydrogen-bond donors (Lipinski definition) is 2. The van der Waals surface area contributed by atoms with E-state index >= 15 is 0 Å². The number of amides is 1. The van der Waals surface area contributed by atoms with Crippen molar-refractivity contribution in [3.8, 4) is 5.75 Å². The first-order valence-electron chi connectivity index (χ1n) is 5.29. The van der Waals surface area contributed by atoms with Gasteiger partial charge in [0.2, 0.25) is 0 Å². The number of carbonyl (C=O) groups excluding carboxylic acids is 1. The number of hydrogen-bond acceptors (Lipinski definition) is 3. The molecule has 0 saturated carbocycles. The Balaban J connectivity index is 2.22. The molecule has 1 aromatic rings. The van der Waals surface area contributed by atoms with Crippen molar-refractivity contribution in [3.05, 3.63) is 29.8 Å². The van der Waals surface area contributed by atoms with E-state index in [1.165, 1.54) is 25.2 Å². The number of benzene rings is 1. The highest BCUT2D eigenvalue weighted by Gasteiger charge is 2.33. The molecule has 0 aliphatic carbocycles. The van der Waals surface area contributed by atoms with Crippen molar-refractivity contribution >= 4 is 11.9 Å². The van der Waals surface area contributed by atoms with Gasteiger partial charge in [0.05, 0.1) is 0 Å². The van der Waals surface area contributed by atoms with Gasteiger partial charge in [-0.2, -0.15) is 0 Å². The van der Waals surface area contributed by atoms with Gasteiger partial charge in [0, 0.05) is 7.05 Å². The highest BCUT2D eigenvalue weighted by atomic mass is 19.4. The number of alkyl halides is 3. The summed E-state index contributed by atoms with van der Waals surface area (Å²) >= 11 is 0. The third-order valence-corrected chi connectivity index (χ3v) is 2.43. The van der Waals surface area contributed by atoms with Crippen LogP contribution in [0.3, 0.4) is 0 Å². The van der Waals surface area contributed by atoms with Crippen LogP contribution in [0.1, 0.15) is 11.6 Å². The molecule has 102 valence electrons. The first kappa shape index (κ1) is 13.2. The van der Waals surface area contributed by atoms with Crippen molar-refractivity contribution in [2.75, 3.05) is 7.05 Å². The molecule has 1 heterocycles. The Morgan fingerprint density at radius 3 is 2.68 bits per heavy atom. The lowest BCUT2D eigenvalue weighted by molar-refractivity contribution is -0.274. The Morgan fingerprint density at radius 1 is 1.37 bits per heavy atom. The zero-order valence-corrected chi connectivity index (χ0v) is 9.78. The van der Waals surface area contributed by atoms with Crippen LogP contribution in [0, 0.1) is 0 Å². The fraction of sp³-hybridized carbons (Fsp3) is 0.273. The maximum absolute atomic E-state index is 12.1. The van der Waals surface area contributed by atoms with Crippen molar-refractivity contribution in [1.82, 2.24) is 10.6 Å². The molecule has 0 spiro atoms. The lowest BCUT2D eigenvalue weighted by Crippen LogP contribution is -2.24. The van der Waals surface area contributed by atoms with Gasteiger partial charge < -0.3 is 10.1 Å². The Kier molecular flexibility index (Phi) is 3.32. The molecule has 2 N–H and O–H groups in total. The summed E-state index contributed by atoms with van der Waals surface area (Å²) in [7, 11) is 1.48. The molecule has 1 fully saturated rings. The van der Waals surface area contributed by atoms with Gasteiger partial charge in [-0.25, -0.2) is 0 Å². The predicted molar refractivity (Wildman–Crippen MR) is 60.5 cm³/mol. The number of guanidine groups is 1. The molecule has 0 radical (unpaired) electrons. The molecule has 1 amide bonds. The van der Waals surface area contributed by atoms with Gasteiger partial charge in [0.15, 0.2) is 5.96 Å². The smallest absolute Gasteiger partial charge is 0.406 e. The second kappa shape index (κ2) is 4.79. The van der Waals surface area contributed by atoms with E-state index in [1.807, 2.05) is 0 Å². The molecule has 0 aromatic heterocycles. The van der Waals surface area contributed by atoms with E-state index in [9.17, 15) is 18.0 Å². The summed E-state index contributed by atoms with van der Waals surface area (Å²) in [5.74, 6) is -0.483. The molecule has 1 saturated heterocycles. The van der Waals surface area contributed by atoms with Gasteiger partial charge in [0.25, 0.3) is 5.91 Å². The topological polar surface area (TPSA) is 62.7 Å². The predicted octanol–water partition coefficient (Wildman–Crippen LogP) is 1.33. The molecule has 5 nitrogen and oxygen atoms in total. The summed E-state index contributed by atoms with van der Waals surface area (Å²) in [4.78, 5) is 15.4. The molecule has 19 heavy (non-hydrogen) atoms. The second-order valence-corrected chi connectivity index (χ2v) is 3.76. The average molecular weight is 273 g/mol. The minimum Gasteiger partial charge on any atom is -0.406 e. The Hall–Kier alpha value is -2.25. The quantitative estimate of drug-likeness (QED) is 0.854. The summed E-state index contributed by atoms with van der Waals surface area (Å²) in [6.07, 6.45) is -4.76. The van der Waals surface area contributed by atoms with Crippen molar-refractivity contribution in [1.29, 1.82) is 0 Å². The molecule has 0 bridgehead atoms. The molecular formula is C11H10F3N3O2. The molecule has 1 atom stereocenters. The van der Waals surface area contributed by atoms with Crippen LogP contribution in [0.2, 0.25) is 0 Å². The van der Waals surface area contributed by atoms with E-state index in [1.54, 1.807) is 0 Å². The van der Waals surface area contributed by atoms with Gasteiger partial charge in [0.1, 0.15) is 11.8 Å². The SMILES string of the molecule is CN=C1NC(=O)C(c2cccc(OC(F)(F)F)c2)N1. The van der Waals surface area contributed by atoms with Crippen molar-refractivity contribution in [2.45, 2.75) is 12.4 Å². The van der Waals surface area contributed by atoms with Gasteiger partial charge in [-0.15, -0.1) is 13.2 Å². The zero-order chi connectivity index (χ0) is 14.0. The third-order valence-electron chi connectivity index (χ3n) is 2.43. The van der Waals surface area contributed by atoms with Gasteiger partial charge in [-0.05, 0) is 17.7 Å².